The summed E-state index contributed by atoms with van der Waals surface area (Å²) in [5, 5.41) is 8.88. The molecule has 11 nitrogen and oxygen atoms in total. The normalized spacial score (nSPS) is 14.1. The Bertz CT molecular complexity index is 1080. The van der Waals surface area contributed by atoms with E-state index in [1.54, 1.807) is 0 Å². The van der Waals surface area contributed by atoms with E-state index in [4.69, 9.17) is 24.8 Å². The molecular formula is C43H78NO10P. The van der Waals surface area contributed by atoms with Crippen molar-refractivity contribution in [3.63, 3.8) is 0 Å². The Morgan fingerprint density at radius 2 is 0.982 bits per heavy atom. The molecule has 0 heterocycles. The topological polar surface area (TPSA) is 172 Å². The number of aliphatic carboxylic acids is 1. The SMILES string of the molecule is CCCC/C=C/C/C=C/CCCCCCCC(=O)O[C@H](COC(=O)CCCCCCCCCCC/C=C/CCCCCC)COP(=O)(O)OC[C@H](N)C(=O)O. The van der Waals surface area contributed by atoms with E-state index in [0.717, 1.165) is 64.2 Å². The molecule has 0 bridgehead atoms. The standard InChI is InChI=1S/C43H78NO10P/c1-3-5-7-9-11-13-15-17-19-20-21-23-24-26-28-30-32-34-41(45)51-36-39(37-52-55(49,50)53-38-40(44)43(47)48)54-42(46)35-33-31-29-27-25-22-18-16-14-12-10-8-6-4-2/h10,12-13,15-16,18,39-40H,3-9,11,14,17,19-38,44H2,1-2H3,(H,47,48)(H,49,50)/b12-10+,15-13+,18-16+/t39-,40+/m1/s1. The predicted molar refractivity (Wildman–Crippen MR) is 222 cm³/mol. The highest BCUT2D eigenvalue weighted by molar-refractivity contribution is 7.47. The number of carboxylic acids is 1. The minimum absolute atomic E-state index is 0.145. The number of carboxylic acid groups (broad SMARTS) is 1. The van der Waals surface area contributed by atoms with E-state index in [-0.39, 0.29) is 19.4 Å². The number of phosphoric ester groups is 1. The minimum atomic E-state index is -4.72. The number of hydrogen-bond acceptors (Lipinski definition) is 9. The van der Waals surface area contributed by atoms with Gasteiger partial charge in [0.15, 0.2) is 6.10 Å². The number of allylic oxidation sites excluding steroid dienone is 6. The number of nitrogens with two attached hydrogens (primary N) is 1. The van der Waals surface area contributed by atoms with E-state index < -0.39 is 51.1 Å². The van der Waals surface area contributed by atoms with Crippen LogP contribution in [-0.4, -0.2) is 59.9 Å². The summed E-state index contributed by atoms with van der Waals surface area (Å²) in [6, 6.07) is -1.52. The summed E-state index contributed by atoms with van der Waals surface area (Å²) in [5.41, 5.74) is 5.33. The molecule has 0 aromatic heterocycles. The van der Waals surface area contributed by atoms with Crippen LogP contribution < -0.4 is 5.73 Å². The fourth-order valence-electron chi connectivity index (χ4n) is 5.66. The Kier molecular flexibility index (Phi) is 37.0. The van der Waals surface area contributed by atoms with Crippen molar-refractivity contribution in [2.75, 3.05) is 19.8 Å². The van der Waals surface area contributed by atoms with Crippen molar-refractivity contribution in [1.82, 2.24) is 0 Å². The van der Waals surface area contributed by atoms with Gasteiger partial charge in [-0.05, 0) is 64.2 Å². The van der Waals surface area contributed by atoms with E-state index in [0.29, 0.717) is 12.8 Å². The van der Waals surface area contributed by atoms with Crippen molar-refractivity contribution in [3.8, 4) is 0 Å². The van der Waals surface area contributed by atoms with Gasteiger partial charge in [0, 0.05) is 12.8 Å². The zero-order valence-corrected chi connectivity index (χ0v) is 35.4. The van der Waals surface area contributed by atoms with Crippen molar-refractivity contribution < 1.29 is 47.5 Å². The van der Waals surface area contributed by atoms with Gasteiger partial charge in [0.2, 0.25) is 0 Å². The van der Waals surface area contributed by atoms with Crippen molar-refractivity contribution >= 4 is 25.7 Å². The largest absolute Gasteiger partial charge is 0.480 e. The lowest BCUT2D eigenvalue weighted by Gasteiger charge is -2.20. The van der Waals surface area contributed by atoms with Crippen molar-refractivity contribution in [2.45, 2.75) is 199 Å². The highest BCUT2D eigenvalue weighted by atomic mass is 31.2. The Morgan fingerprint density at radius 3 is 1.49 bits per heavy atom. The second kappa shape index (κ2) is 38.6. The van der Waals surface area contributed by atoms with Gasteiger partial charge in [0.1, 0.15) is 12.6 Å². The molecule has 0 saturated carbocycles. The Hall–Kier alpha value is -2.30. The lowest BCUT2D eigenvalue weighted by atomic mass is 10.1. The minimum Gasteiger partial charge on any atom is -0.480 e. The summed E-state index contributed by atoms with van der Waals surface area (Å²) in [6.45, 7) is 2.73. The molecule has 3 atom stereocenters. The molecule has 0 aliphatic carbocycles. The number of carbonyl (C=O) groups is 3. The zero-order chi connectivity index (χ0) is 40.7. The Balaban J connectivity index is 4.37. The molecule has 0 radical (unpaired) electrons. The lowest BCUT2D eigenvalue weighted by Crippen LogP contribution is -2.34. The van der Waals surface area contributed by atoms with Crippen LogP contribution in [-0.2, 0) is 37.5 Å². The summed E-state index contributed by atoms with van der Waals surface area (Å²) in [7, 11) is -4.72. The van der Waals surface area contributed by atoms with Gasteiger partial charge in [-0.15, -0.1) is 0 Å². The van der Waals surface area contributed by atoms with Gasteiger partial charge >= 0.3 is 25.7 Å². The first kappa shape index (κ1) is 52.7. The third-order valence-electron chi connectivity index (χ3n) is 9.11. The molecule has 0 amide bonds. The Morgan fingerprint density at radius 1 is 0.564 bits per heavy atom. The number of rotatable bonds is 40. The molecule has 4 N–H and O–H groups in total. The first-order chi connectivity index (χ1) is 26.6. The molecule has 0 aromatic rings. The Labute approximate surface area is 333 Å². The van der Waals surface area contributed by atoms with Crippen LogP contribution in [0.1, 0.15) is 187 Å². The van der Waals surface area contributed by atoms with E-state index >= 15 is 0 Å². The summed E-state index contributed by atoms with van der Waals surface area (Å²) >= 11 is 0. The number of hydrogen-bond donors (Lipinski definition) is 3. The fourth-order valence-corrected chi connectivity index (χ4v) is 6.44. The van der Waals surface area contributed by atoms with Gasteiger partial charge in [0.05, 0.1) is 13.2 Å². The number of phosphoric acid groups is 1. The molecule has 0 aliphatic rings. The molecule has 12 heteroatoms. The molecule has 0 aliphatic heterocycles. The maximum absolute atomic E-state index is 12.6. The van der Waals surface area contributed by atoms with Crippen LogP contribution in [0.3, 0.4) is 0 Å². The zero-order valence-electron chi connectivity index (χ0n) is 34.5. The third-order valence-corrected chi connectivity index (χ3v) is 10.1. The molecule has 1 unspecified atom stereocenters. The summed E-state index contributed by atoms with van der Waals surface area (Å²) in [4.78, 5) is 45.9. The number of esters is 2. The molecular weight excluding hydrogens is 721 g/mol. The van der Waals surface area contributed by atoms with E-state index in [1.807, 2.05) is 0 Å². The van der Waals surface area contributed by atoms with E-state index in [1.165, 1.54) is 83.5 Å². The van der Waals surface area contributed by atoms with Gasteiger partial charge < -0.3 is 25.2 Å². The van der Waals surface area contributed by atoms with Crippen molar-refractivity contribution in [2.24, 2.45) is 5.73 Å². The van der Waals surface area contributed by atoms with Gasteiger partial charge in [0.25, 0.3) is 0 Å². The second-order valence-corrected chi connectivity index (χ2v) is 15.9. The molecule has 320 valence electrons. The maximum Gasteiger partial charge on any atom is 0.472 e. The van der Waals surface area contributed by atoms with Crippen LogP contribution in [0.2, 0.25) is 0 Å². The van der Waals surface area contributed by atoms with Gasteiger partial charge in [-0.25, -0.2) is 4.57 Å². The molecule has 55 heavy (non-hydrogen) atoms. The predicted octanol–water partition coefficient (Wildman–Crippen LogP) is 11.2. The van der Waals surface area contributed by atoms with Crippen LogP contribution >= 0.6 is 7.82 Å². The van der Waals surface area contributed by atoms with Crippen LogP contribution in [0.15, 0.2) is 36.5 Å². The first-order valence-electron chi connectivity index (χ1n) is 21.5. The third kappa shape index (κ3) is 38.4. The van der Waals surface area contributed by atoms with Crippen LogP contribution in [0.4, 0.5) is 0 Å². The summed E-state index contributed by atoms with van der Waals surface area (Å²) < 4.78 is 32.7. The van der Waals surface area contributed by atoms with Crippen molar-refractivity contribution in [1.29, 1.82) is 0 Å². The average molecular weight is 800 g/mol. The molecule has 0 rings (SSSR count). The first-order valence-corrected chi connectivity index (χ1v) is 23.0. The van der Waals surface area contributed by atoms with Gasteiger partial charge in [-0.3, -0.25) is 23.4 Å². The maximum atomic E-state index is 12.6. The number of carbonyl (C=O) groups excluding carboxylic acids is 2. The molecule has 0 spiro atoms. The fraction of sp³-hybridized carbons (Fsp3) is 0.791. The lowest BCUT2D eigenvalue weighted by molar-refractivity contribution is -0.161. The smallest absolute Gasteiger partial charge is 0.472 e. The number of unbranched alkanes of at least 4 members (excludes halogenated alkanes) is 20. The van der Waals surface area contributed by atoms with E-state index in [9.17, 15) is 23.8 Å². The van der Waals surface area contributed by atoms with E-state index in [2.05, 4.69) is 54.8 Å². The van der Waals surface area contributed by atoms with Crippen LogP contribution in [0.5, 0.6) is 0 Å². The van der Waals surface area contributed by atoms with Crippen molar-refractivity contribution in [3.05, 3.63) is 36.5 Å². The summed E-state index contributed by atoms with van der Waals surface area (Å²) in [6.07, 6.45) is 40.6. The van der Waals surface area contributed by atoms with Gasteiger partial charge in [-0.2, -0.15) is 0 Å². The summed E-state index contributed by atoms with van der Waals surface area (Å²) in [5.74, 6) is -2.40. The quantitative estimate of drug-likeness (QED) is 0.0233. The highest BCUT2D eigenvalue weighted by Crippen LogP contribution is 2.43. The van der Waals surface area contributed by atoms with Gasteiger partial charge in [-0.1, -0.05) is 147 Å². The van der Waals surface area contributed by atoms with Crippen LogP contribution in [0, 0.1) is 0 Å². The number of ether oxygens (including phenoxy) is 2. The molecule has 0 fully saturated rings. The average Bonchev–Trinajstić information content (AvgIpc) is 3.16. The highest BCUT2D eigenvalue weighted by Gasteiger charge is 2.28. The second-order valence-electron chi connectivity index (χ2n) is 14.5. The van der Waals surface area contributed by atoms with Crippen LogP contribution in [0.25, 0.3) is 0 Å². The monoisotopic (exact) mass is 800 g/mol. The molecule has 0 saturated heterocycles. The molecule has 0 aromatic carbocycles.